The number of para-hydroxylation sites is 1. The third-order valence-electron chi connectivity index (χ3n) is 4.96. The summed E-state index contributed by atoms with van der Waals surface area (Å²) in [4.78, 5) is 13.5. The Bertz CT molecular complexity index is 1240. The zero-order chi connectivity index (χ0) is 20.6. The molecule has 0 fully saturated rings. The Balaban J connectivity index is 1.56. The zero-order valence-electron chi connectivity index (χ0n) is 16.5. The molecule has 148 valence electrons. The molecular weight excluding hydrogens is 380 g/mol. The lowest BCUT2D eigenvalue weighted by molar-refractivity contribution is 0.395. The Morgan fingerprint density at radius 3 is 2.57 bits per heavy atom. The third kappa shape index (κ3) is 2.99. The molecule has 0 saturated carbocycles. The van der Waals surface area contributed by atoms with E-state index in [2.05, 4.69) is 26.4 Å². The smallest absolute Gasteiger partial charge is 0.287 e. The van der Waals surface area contributed by atoms with Crippen LogP contribution in [0.15, 0.2) is 82.2 Å². The molecule has 0 radical (unpaired) electrons. The van der Waals surface area contributed by atoms with E-state index in [1.807, 2.05) is 48.8 Å². The molecule has 1 N–H and O–H groups in total. The number of aliphatic imine (C=N–C) groups is 2. The van der Waals surface area contributed by atoms with Gasteiger partial charge in [-0.1, -0.05) is 22.8 Å². The first kappa shape index (κ1) is 18.0. The van der Waals surface area contributed by atoms with Crippen molar-refractivity contribution in [3.63, 3.8) is 0 Å². The van der Waals surface area contributed by atoms with Gasteiger partial charge in [-0.05, 0) is 11.2 Å². The lowest BCUT2D eigenvalue weighted by Crippen LogP contribution is -2.44. The van der Waals surface area contributed by atoms with Crippen molar-refractivity contribution < 1.29 is 9.47 Å². The average Bonchev–Trinajstić information content (AvgIpc) is 3.17. The van der Waals surface area contributed by atoms with Crippen molar-refractivity contribution in [1.82, 2.24) is 9.58 Å². The maximum atomic E-state index is 5.35. The zero-order valence-corrected chi connectivity index (χ0v) is 16.5. The maximum Gasteiger partial charge on any atom is 0.287 e. The van der Waals surface area contributed by atoms with Crippen molar-refractivity contribution >= 4 is 40.3 Å². The number of methoxy groups -OCH3 is 2. The maximum absolute atomic E-state index is 5.35. The second-order valence-corrected chi connectivity index (χ2v) is 6.77. The van der Waals surface area contributed by atoms with Crippen LogP contribution < -0.4 is 19.4 Å². The fourth-order valence-corrected chi connectivity index (χ4v) is 3.46. The monoisotopic (exact) mass is 399 g/mol. The van der Waals surface area contributed by atoms with Crippen LogP contribution in [0.2, 0.25) is 0 Å². The number of guanidine groups is 1. The number of aromatic nitrogens is 1. The minimum atomic E-state index is 0.0603. The van der Waals surface area contributed by atoms with Gasteiger partial charge in [0.05, 0.1) is 32.1 Å². The van der Waals surface area contributed by atoms with Gasteiger partial charge < -0.3 is 14.8 Å². The minimum Gasteiger partial charge on any atom is -0.497 e. The highest BCUT2D eigenvalue weighted by atomic mass is 16.5. The van der Waals surface area contributed by atoms with Crippen LogP contribution in [0.4, 0.5) is 11.4 Å². The number of anilines is 1. The minimum absolute atomic E-state index is 0.0603. The number of hydrogen-bond donors (Lipinski definition) is 1. The molecule has 0 spiro atoms. The molecule has 8 nitrogen and oxygen atoms in total. The molecule has 2 aliphatic heterocycles. The molecule has 3 heterocycles. The van der Waals surface area contributed by atoms with Gasteiger partial charge >= 0.3 is 0 Å². The fraction of sp³-hybridized carbons (Fsp3) is 0.0909. The molecule has 0 aliphatic carbocycles. The molecule has 5 rings (SSSR count). The second kappa shape index (κ2) is 7.09. The number of ether oxygens (including phenoxy) is 2. The first-order valence-corrected chi connectivity index (χ1v) is 9.35. The van der Waals surface area contributed by atoms with Crippen LogP contribution in [0.3, 0.4) is 0 Å². The van der Waals surface area contributed by atoms with Gasteiger partial charge in [0.1, 0.15) is 17.7 Å². The number of nitrogens with zero attached hydrogens (tertiary/aromatic N) is 5. The normalized spacial score (nSPS) is 19.3. The molecule has 3 aromatic rings. The standard InChI is InChI=1S/C22H19N6O2/c1-29-18-10-16(11-19(12-18)30-2)25-22-26-21-14-23-7-8-28(21,27-22)17-9-15-5-3-4-6-20(15)24-13-17/h3-14H,1-2H3,(H,25,27)/q+1. The Hall–Kier alpha value is -4.04. The van der Waals surface area contributed by atoms with Gasteiger partial charge in [0, 0.05) is 35.3 Å². The highest BCUT2D eigenvalue weighted by molar-refractivity contribution is 6.38. The van der Waals surface area contributed by atoms with E-state index < -0.39 is 0 Å². The van der Waals surface area contributed by atoms with Crippen LogP contribution >= 0.6 is 0 Å². The molecule has 1 unspecified atom stereocenters. The number of nitrogens with one attached hydrogen (secondary N) is 1. The molecule has 2 aliphatic rings. The lowest BCUT2D eigenvalue weighted by atomic mass is 10.2. The van der Waals surface area contributed by atoms with Crippen molar-refractivity contribution in [2.75, 3.05) is 19.5 Å². The van der Waals surface area contributed by atoms with Gasteiger partial charge in [0.2, 0.25) is 0 Å². The largest absolute Gasteiger partial charge is 0.497 e. The summed E-state index contributed by atoms with van der Waals surface area (Å²) in [7, 11) is 3.22. The van der Waals surface area contributed by atoms with Gasteiger partial charge in [-0.15, -0.1) is 0 Å². The summed E-state index contributed by atoms with van der Waals surface area (Å²) in [6.07, 6.45) is 7.13. The Morgan fingerprint density at radius 2 is 1.77 bits per heavy atom. The molecule has 2 aromatic carbocycles. The molecule has 0 bridgehead atoms. The molecule has 30 heavy (non-hydrogen) atoms. The van der Waals surface area contributed by atoms with E-state index >= 15 is 0 Å². The van der Waals surface area contributed by atoms with Gasteiger partial charge in [-0.3, -0.25) is 4.99 Å². The van der Waals surface area contributed by atoms with Crippen LogP contribution in [0, 0.1) is 0 Å². The number of rotatable bonds is 4. The van der Waals surface area contributed by atoms with Crippen molar-refractivity contribution in [2.24, 2.45) is 15.1 Å². The topological polar surface area (TPSA) is 80.5 Å². The van der Waals surface area contributed by atoms with Gasteiger partial charge in [-0.25, -0.2) is 4.98 Å². The van der Waals surface area contributed by atoms with Gasteiger partial charge in [0.25, 0.3) is 11.8 Å². The van der Waals surface area contributed by atoms with Crippen LogP contribution in [-0.2, 0) is 0 Å². The van der Waals surface area contributed by atoms with Crippen LogP contribution in [0.5, 0.6) is 11.5 Å². The quantitative estimate of drug-likeness (QED) is 0.675. The molecule has 1 atom stereocenters. The van der Waals surface area contributed by atoms with E-state index in [4.69, 9.17) is 14.6 Å². The number of fused-ring (bicyclic) bond motifs is 2. The van der Waals surface area contributed by atoms with Gasteiger partial charge in [0.15, 0.2) is 11.9 Å². The highest BCUT2D eigenvalue weighted by Crippen LogP contribution is 2.33. The summed E-state index contributed by atoms with van der Waals surface area (Å²) in [5.41, 5.74) is 2.55. The Kier molecular flexibility index (Phi) is 4.26. The summed E-state index contributed by atoms with van der Waals surface area (Å²) < 4.78 is 10.8. The van der Waals surface area contributed by atoms with Crippen LogP contribution in [0.1, 0.15) is 0 Å². The predicted octanol–water partition coefficient (Wildman–Crippen LogP) is 3.91. The first-order chi connectivity index (χ1) is 14.7. The van der Waals surface area contributed by atoms with E-state index in [9.17, 15) is 0 Å². The van der Waals surface area contributed by atoms with E-state index in [1.165, 1.54) is 0 Å². The Morgan fingerprint density at radius 1 is 0.967 bits per heavy atom. The molecule has 0 amide bonds. The van der Waals surface area contributed by atoms with E-state index in [1.54, 1.807) is 32.7 Å². The number of benzene rings is 2. The van der Waals surface area contributed by atoms with Crippen LogP contribution in [-0.4, -0.2) is 37.2 Å². The molecule has 8 heteroatoms. The lowest BCUT2D eigenvalue weighted by Gasteiger charge is -2.23. The molecule has 1 aromatic heterocycles. The van der Waals surface area contributed by atoms with Crippen molar-refractivity contribution in [1.29, 1.82) is 0 Å². The van der Waals surface area contributed by atoms with Crippen molar-refractivity contribution in [3.8, 4) is 11.5 Å². The number of quaternary nitrogens is 1. The molecular formula is C22H19N6O2+. The SMILES string of the molecule is COc1cc(NC2=N[N+]3(c4cnc5ccccc5c4)C=CN=CC3=N2)cc(OC)c1. The van der Waals surface area contributed by atoms with Crippen molar-refractivity contribution in [3.05, 3.63) is 67.1 Å². The van der Waals surface area contributed by atoms with E-state index in [0.29, 0.717) is 23.3 Å². The van der Waals surface area contributed by atoms with Crippen LogP contribution in [0.25, 0.3) is 10.9 Å². The van der Waals surface area contributed by atoms with Gasteiger partial charge in [-0.2, -0.15) is 4.99 Å². The van der Waals surface area contributed by atoms with Crippen molar-refractivity contribution in [2.45, 2.75) is 0 Å². The predicted molar refractivity (Wildman–Crippen MR) is 119 cm³/mol. The number of amidine groups is 1. The first-order valence-electron chi connectivity index (χ1n) is 9.35. The highest BCUT2D eigenvalue weighted by Gasteiger charge is 2.43. The fourth-order valence-electron chi connectivity index (χ4n) is 3.46. The average molecular weight is 399 g/mol. The number of hydrogen-bond acceptors (Lipinski definition) is 7. The second-order valence-electron chi connectivity index (χ2n) is 6.77. The summed E-state index contributed by atoms with van der Waals surface area (Å²) in [5, 5.41) is 9.15. The Labute approximate surface area is 173 Å². The van der Waals surface area contributed by atoms with E-state index in [0.717, 1.165) is 22.3 Å². The van der Waals surface area contributed by atoms with E-state index in [-0.39, 0.29) is 4.59 Å². The molecule has 0 saturated heterocycles. The summed E-state index contributed by atoms with van der Waals surface area (Å²) in [6.45, 7) is 0. The summed E-state index contributed by atoms with van der Waals surface area (Å²) in [5.74, 6) is 2.47. The summed E-state index contributed by atoms with van der Waals surface area (Å²) in [6, 6.07) is 15.6. The summed E-state index contributed by atoms with van der Waals surface area (Å²) >= 11 is 0. The third-order valence-corrected chi connectivity index (χ3v) is 4.96. The number of pyridine rings is 1.